The largest absolute Gasteiger partial charge is 0.377 e. The molecule has 1 atom stereocenters. The smallest absolute Gasteiger partial charge is 0.249 e. The quantitative estimate of drug-likeness (QED) is 0.712. The topological polar surface area (TPSA) is 38.8 Å². The number of morpholine rings is 1. The minimum atomic E-state index is -0.0142. The zero-order valence-corrected chi connectivity index (χ0v) is 16.1. The first-order valence-corrected chi connectivity index (χ1v) is 9.51. The number of hydrogen-bond acceptors (Lipinski definition) is 3. The van der Waals surface area contributed by atoms with Crippen LogP contribution in [0.25, 0.3) is 0 Å². The van der Waals surface area contributed by atoms with E-state index in [4.69, 9.17) is 9.47 Å². The maximum atomic E-state index is 12.8. The van der Waals surface area contributed by atoms with Gasteiger partial charge in [-0.2, -0.15) is 0 Å². The average molecular weight is 347 g/mol. The van der Waals surface area contributed by atoms with Crippen LogP contribution >= 0.6 is 0 Å². The van der Waals surface area contributed by atoms with E-state index in [0.717, 1.165) is 18.4 Å². The highest BCUT2D eigenvalue weighted by molar-refractivity contribution is 5.78. The molecule has 0 N–H and O–H groups in total. The van der Waals surface area contributed by atoms with E-state index in [-0.39, 0.29) is 24.7 Å². The van der Waals surface area contributed by atoms with Crippen molar-refractivity contribution >= 4 is 5.91 Å². The van der Waals surface area contributed by atoms with Crippen LogP contribution in [0.4, 0.5) is 0 Å². The van der Waals surface area contributed by atoms with Crippen LogP contribution in [0.2, 0.25) is 0 Å². The standard InChI is InChI=1S/C21H33NO3/c1-16(2)12-19(13-17(3)4)25-15-21(23)22-10-11-24-14-20(22)18-8-6-5-7-9-18/h5-9,16-17,19-20H,10-15H2,1-4H3/t20-/m1/s1. The summed E-state index contributed by atoms with van der Waals surface area (Å²) in [6.45, 7) is 10.7. The third-order valence-corrected chi connectivity index (χ3v) is 4.54. The van der Waals surface area contributed by atoms with Gasteiger partial charge in [-0.25, -0.2) is 0 Å². The summed E-state index contributed by atoms with van der Waals surface area (Å²) in [5.74, 6) is 1.20. The molecule has 25 heavy (non-hydrogen) atoms. The molecule has 0 saturated carbocycles. The normalized spacial score (nSPS) is 18.4. The lowest BCUT2D eigenvalue weighted by Crippen LogP contribution is -2.45. The lowest BCUT2D eigenvalue weighted by molar-refractivity contribution is -0.147. The summed E-state index contributed by atoms with van der Waals surface area (Å²) >= 11 is 0. The Morgan fingerprint density at radius 3 is 2.40 bits per heavy atom. The first-order valence-electron chi connectivity index (χ1n) is 9.51. The second kappa shape index (κ2) is 9.93. The third-order valence-electron chi connectivity index (χ3n) is 4.54. The van der Waals surface area contributed by atoms with Gasteiger partial charge in [0.25, 0.3) is 0 Å². The van der Waals surface area contributed by atoms with Gasteiger partial charge in [0.2, 0.25) is 5.91 Å². The number of carbonyl (C=O) groups excluding carboxylic acids is 1. The van der Waals surface area contributed by atoms with Crippen molar-refractivity contribution in [1.29, 1.82) is 0 Å². The van der Waals surface area contributed by atoms with E-state index >= 15 is 0 Å². The fourth-order valence-corrected chi connectivity index (χ4v) is 3.41. The van der Waals surface area contributed by atoms with Gasteiger partial charge < -0.3 is 14.4 Å². The molecule has 1 aromatic rings. The summed E-state index contributed by atoms with van der Waals surface area (Å²) in [6, 6.07) is 10.1. The van der Waals surface area contributed by atoms with Gasteiger partial charge in [-0.1, -0.05) is 58.0 Å². The van der Waals surface area contributed by atoms with Crippen molar-refractivity contribution in [3.05, 3.63) is 35.9 Å². The van der Waals surface area contributed by atoms with Gasteiger partial charge in [0.1, 0.15) is 6.61 Å². The number of carbonyl (C=O) groups is 1. The predicted octanol–water partition coefficient (Wildman–Crippen LogP) is 4.06. The zero-order chi connectivity index (χ0) is 18.2. The number of benzene rings is 1. The Labute approximate surface area is 152 Å². The maximum absolute atomic E-state index is 12.8. The van der Waals surface area contributed by atoms with E-state index in [1.165, 1.54) is 0 Å². The van der Waals surface area contributed by atoms with Crippen molar-refractivity contribution in [3.8, 4) is 0 Å². The Balaban J connectivity index is 1.97. The monoisotopic (exact) mass is 347 g/mol. The third kappa shape index (κ3) is 6.44. The van der Waals surface area contributed by atoms with E-state index in [2.05, 4.69) is 39.8 Å². The second-order valence-corrected chi connectivity index (χ2v) is 7.78. The Morgan fingerprint density at radius 1 is 1.16 bits per heavy atom. The molecule has 1 saturated heterocycles. The van der Waals surface area contributed by atoms with Gasteiger partial charge in [0.05, 0.1) is 25.4 Å². The minimum absolute atomic E-state index is 0.0142. The molecule has 0 aliphatic carbocycles. The van der Waals surface area contributed by atoms with Crippen LogP contribution in [-0.2, 0) is 14.3 Å². The van der Waals surface area contributed by atoms with Crippen molar-refractivity contribution < 1.29 is 14.3 Å². The highest BCUT2D eigenvalue weighted by atomic mass is 16.5. The fourth-order valence-electron chi connectivity index (χ4n) is 3.41. The molecular weight excluding hydrogens is 314 g/mol. The van der Waals surface area contributed by atoms with Gasteiger partial charge in [-0.05, 0) is 30.2 Å². The number of amides is 1. The van der Waals surface area contributed by atoms with Crippen LogP contribution in [0.3, 0.4) is 0 Å². The summed E-state index contributed by atoms with van der Waals surface area (Å²) in [4.78, 5) is 14.7. The van der Waals surface area contributed by atoms with E-state index in [1.807, 2.05) is 23.1 Å². The molecule has 0 unspecified atom stereocenters. The zero-order valence-electron chi connectivity index (χ0n) is 16.1. The van der Waals surface area contributed by atoms with Crippen molar-refractivity contribution in [2.75, 3.05) is 26.4 Å². The van der Waals surface area contributed by atoms with Crippen molar-refractivity contribution in [2.24, 2.45) is 11.8 Å². The molecule has 140 valence electrons. The lowest BCUT2D eigenvalue weighted by atomic mass is 9.98. The highest BCUT2D eigenvalue weighted by Crippen LogP contribution is 2.24. The summed E-state index contributed by atoms with van der Waals surface area (Å²) in [5.41, 5.74) is 1.12. The summed E-state index contributed by atoms with van der Waals surface area (Å²) in [6.07, 6.45) is 2.15. The number of rotatable bonds is 8. The molecule has 1 aliphatic rings. The average Bonchev–Trinajstić information content (AvgIpc) is 2.59. The Kier molecular flexibility index (Phi) is 7.91. The first-order chi connectivity index (χ1) is 12.0. The lowest BCUT2D eigenvalue weighted by Gasteiger charge is -2.36. The SMILES string of the molecule is CC(C)CC(CC(C)C)OCC(=O)N1CCOC[C@@H]1c1ccccc1. The van der Waals surface area contributed by atoms with Crippen molar-refractivity contribution in [1.82, 2.24) is 4.90 Å². The Morgan fingerprint density at radius 2 is 1.80 bits per heavy atom. The molecule has 0 spiro atoms. The van der Waals surface area contributed by atoms with Crippen LogP contribution in [0.15, 0.2) is 30.3 Å². The van der Waals surface area contributed by atoms with E-state index in [9.17, 15) is 4.79 Å². The molecule has 1 aromatic carbocycles. The number of nitrogens with zero attached hydrogens (tertiary/aromatic N) is 1. The number of ether oxygens (including phenoxy) is 2. The molecule has 1 amide bonds. The van der Waals surface area contributed by atoms with Crippen LogP contribution in [0.1, 0.15) is 52.1 Å². The molecule has 0 radical (unpaired) electrons. The number of hydrogen-bond donors (Lipinski definition) is 0. The molecule has 4 heteroatoms. The van der Waals surface area contributed by atoms with E-state index in [1.54, 1.807) is 0 Å². The summed E-state index contributed by atoms with van der Waals surface area (Å²) < 4.78 is 11.6. The van der Waals surface area contributed by atoms with Crippen LogP contribution in [-0.4, -0.2) is 43.3 Å². The van der Waals surface area contributed by atoms with Crippen molar-refractivity contribution in [3.63, 3.8) is 0 Å². The van der Waals surface area contributed by atoms with E-state index < -0.39 is 0 Å². The predicted molar refractivity (Wildman–Crippen MR) is 100 cm³/mol. The molecule has 2 rings (SSSR count). The first kappa shape index (κ1) is 19.9. The Hall–Kier alpha value is -1.39. The van der Waals surface area contributed by atoms with Gasteiger partial charge in [0, 0.05) is 6.54 Å². The molecule has 0 aromatic heterocycles. The molecule has 0 bridgehead atoms. The summed E-state index contributed by atoms with van der Waals surface area (Å²) in [5, 5.41) is 0. The van der Waals surface area contributed by atoms with E-state index in [0.29, 0.717) is 31.6 Å². The van der Waals surface area contributed by atoms with Crippen LogP contribution < -0.4 is 0 Å². The van der Waals surface area contributed by atoms with Crippen LogP contribution in [0.5, 0.6) is 0 Å². The van der Waals surface area contributed by atoms with Crippen LogP contribution in [0, 0.1) is 11.8 Å². The molecule has 1 fully saturated rings. The van der Waals surface area contributed by atoms with Crippen molar-refractivity contribution in [2.45, 2.75) is 52.7 Å². The Bertz CT molecular complexity index is 505. The molecule has 1 heterocycles. The maximum Gasteiger partial charge on any atom is 0.249 e. The molecule has 4 nitrogen and oxygen atoms in total. The molecule has 1 aliphatic heterocycles. The van der Waals surface area contributed by atoms with Gasteiger partial charge in [0.15, 0.2) is 0 Å². The fraction of sp³-hybridized carbons (Fsp3) is 0.667. The summed E-state index contributed by atoms with van der Waals surface area (Å²) in [7, 11) is 0. The minimum Gasteiger partial charge on any atom is -0.377 e. The van der Waals surface area contributed by atoms with Gasteiger partial charge in [-0.15, -0.1) is 0 Å². The highest BCUT2D eigenvalue weighted by Gasteiger charge is 2.29. The molecular formula is C21H33NO3. The van der Waals surface area contributed by atoms with Gasteiger partial charge in [-0.3, -0.25) is 4.79 Å². The second-order valence-electron chi connectivity index (χ2n) is 7.78. The van der Waals surface area contributed by atoms with Gasteiger partial charge >= 0.3 is 0 Å².